The van der Waals surface area contributed by atoms with Crippen molar-refractivity contribution in [3.05, 3.63) is 320 Å². The van der Waals surface area contributed by atoms with E-state index in [0.29, 0.717) is 17.3 Å². The van der Waals surface area contributed by atoms with Crippen LogP contribution in [0.4, 0.5) is 23.2 Å². The molecule has 0 saturated heterocycles. The van der Waals surface area contributed by atoms with E-state index >= 15 is 0 Å². The molecule has 0 spiro atoms. The smallest absolute Gasteiger partial charge is 0.288 e. The molecule has 0 bridgehead atoms. The second-order valence-corrected chi connectivity index (χ2v) is 21.2. The zero-order valence-electron chi connectivity index (χ0n) is 50.2. The maximum Gasteiger partial charge on any atom is 0.288 e. The molecule has 6 aromatic carbocycles. The van der Waals surface area contributed by atoms with Crippen LogP contribution in [0.1, 0.15) is 25.2 Å². The molecule has 10 heterocycles. The summed E-state index contributed by atoms with van der Waals surface area (Å²) in [5.74, 6) is 1.08. The van der Waals surface area contributed by atoms with Gasteiger partial charge in [0.15, 0.2) is 17.7 Å². The van der Waals surface area contributed by atoms with Gasteiger partial charge in [0.2, 0.25) is 5.82 Å². The number of hydrogen-bond acceptors (Lipinski definition) is 8. The average Bonchev–Trinajstić information content (AvgIpc) is 1.59. The number of aromatic nitrogens is 12. The van der Waals surface area contributed by atoms with Gasteiger partial charge in [0.25, 0.3) is 5.82 Å². The van der Waals surface area contributed by atoms with E-state index < -0.39 is 29.2 Å². The van der Waals surface area contributed by atoms with Gasteiger partial charge in [-0.1, -0.05) is 206 Å². The van der Waals surface area contributed by atoms with Crippen LogP contribution in [-0.2, 0) is 53.2 Å². The third-order valence-electron chi connectivity index (χ3n) is 14.5. The molecule has 0 saturated carbocycles. The van der Waals surface area contributed by atoms with Crippen molar-refractivity contribution < 1.29 is 62.3 Å². The molecule has 0 amide bonds. The number of hydrogen-bond donors (Lipinski definition) is 0. The molecule has 15 aromatic rings. The molecule has 466 valence electrons. The minimum atomic E-state index is -0.922. The zero-order chi connectivity index (χ0) is 63.3. The van der Waals surface area contributed by atoms with Crippen molar-refractivity contribution >= 4 is 38.8 Å². The average molecular weight is 1600 g/mol. The van der Waals surface area contributed by atoms with Crippen LogP contribution in [-0.4, -0.2) is 53.6 Å². The standard InChI is InChI=1S/2C18H12N3.C17H18N3.C12H5F2N2.C10H5F2N2.2Ir/c2*1-2-6-14(7-3-1)15-10-11-18(19-12-15)21-13-20-16-8-4-5-9-17(16)21;1-12(2)9-13-7-8-19-11-16-18-14-5-3-4-6-15(14)20(16)17(19)10-13;1-15-12-9(13)6-5-8(11(12)14)10-4-2-3-7-16-10;11-9-5-4-7(10(12)14-9)8-3-1-2-6-13-8;;/h2*1-12H;3-8,10,12H,9,11H2,1-2H3;2-4,6-7H;1-3,5-6H;;/q2*-1;+1;2*-1;;. The topological polar surface area (TPSA) is 126 Å². The van der Waals surface area contributed by atoms with Crippen molar-refractivity contribution in [2.75, 3.05) is 0 Å². The van der Waals surface area contributed by atoms with E-state index in [1.165, 1.54) is 29.3 Å². The van der Waals surface area contributed by atoms with Gasteiger partial charge in [-0.15, -0.1) is 23.8 Å². The Morgan fingerprint density at radius 2 is 1.04 bits per heavy atom. The summed E-state index contributed by atoms with van der Waals surface area (Å²) >= 11 is 0. The van der Waals surface area contributed by atoms with Crippen molar-refractivity contribution in [1.82, 2.24) is 53.6 Å². The third kappa shape index (κ3) is 15.2. The SMILES string of the molecule is CC(C)Cc1cc[n+]2c(c1)-n1c(nc3ccccc31)C2.Fc1c[c-]c(-c2ccccn2)c(F)n1.[C-]#[N+]c1c(F)c[c-]c(-c2ccccn2)c1F.[Ir].[Ir].[c-]1nc2ccccc2n1-c1ccc(-c2ccccc2)cn1.[c-]1nc2ccccc2n1-c1ccc(-c2ccccc2)cn1. The predicted octanol–water partition coefficient (Wildman–Crippen LogP) is 16.2. The molecule has 94 heavy (non-hydrogen) atoms. The molecule has 0 fully saturated rings. The quantitative estimate of drug-likeness (QED) is 0.0637. The van der Waals surface area contributed by atoms with Gasteiger partial charge >= 0.3 is 0 Å². The number of benzene rings is 6. The summed E-state index contributed by atoms with van der Waals surface area (Å²) in [7, 11) is 0. The first kappa shape index (κ1) is 66.1. The number of fused-ring (bicyclic) bond motifs is 7. The van der Waals surface area contributed by atoms with Crippen LogP contribution in [0, 0.1) is 60.8 Å². The van der Waals surface area contributed by atoms with Crippen LogP contribution in [0.3, 0.4) is 0 Å². The molecule has 1 aliphatic heterocycles. The molecule has 2 radical (unpaired) electrons. The maximum absolute atomic E-state index is 13.7. The molecule has 9 aromatic heterocycles. The summed E-state index contributed by atoms with van der Waals surface area (Å²) in [5.41, 5.74) is 12.3. The molecule has 1 aliphatic rings. The van der Waals surface area contributed by atoms with E-state index in [0.717, 1.165) is 92.4 Å². The summed E-state index contributed by atoms with van der Waals surface area (Å²) in [6.07, 6.45) is 16.1. The minimum Gasteiger partial charge on any atom is -0.411 e. The predicted molar refractivity (Wildman–Crippen MR) is 346 cm³/mol. The zero-order valence-corrected chi connectivity index (χ0v) is 54.9. The Hall–Kier alpha value is -10.9. The second kappa shape index (κ2) is 31.0. The monoisotopic (exact) mass is 1600 g/mol. The number of halogens is 4. The maximum atomic E-state index is 13.7. The summed E-state index contributed by atoms with van der Waals surface area (Å²) in [6, 6.07) is 74.2. The molecular formula is C75H52F4Ir2N13-3. The van der Waals surface area contributed by atoms with E-state index in [-0.39, 0.29) is 51.3 Å². The number of pyridine rings is 6. The largest absolute Gasteiger partial charge is 0.411 e. The van der Waals surface area contributed by atoms with Crippen molar-refractivity contribution in [2.45, 2.75) is 26.8 Å². The van der Waals surface area contributed by atoms with Gasteiger partial charge in [-0.2, -0.15) is 4.57 Å². The van der Waals surface area contributed by atoms with Crippen molar-refractivity contribution in [3.8, 4) is 62.2 Å². The Morgan fingerprint density at radius 1 is 0.532 bits per heavy atom. The van der Waals surface area contributed by atoms with Crippen LogP contribution < -0.4 is 4.57 Å². The first-order valence-electron chi connectivity index (χ1n) is 29.1. The molecule has 16 rings (SSSR count). The minimum absolute atomic E-state index is 0. The number of imidazole rings is 3. The molecule has 13 nitrogen and oxygen atoms in total. The van der Waals surface area contributed by atoms with Gasteiger partial charge < -0.3 is 29.1 Å². The van der Waals surface area contributed by atoms with Gasteiger partial charge in [-0.05, 0) is 92.9 Å². The second-order valence-electron chi connectivity index (χ2n) is 21.2. The molecule has 0 atom stereocenters. The Morgan fingerprint density at radius 3 is 1.55 bits per heavy atom. The summed E-state index contributed by atoms with van der Waals surface area (Å²) in [4.78, 5) is 36.0. The van der Waals surface area contributed by atoms with Gasteiger partial charge in [-0.25, -0.2) is 18.3 Å². The van der Waals surface area contributed by atoms with Gasteiger partial charge in [-0.3, -0.25) is 28.6 Å². The summed E-state index contributed by atoms with van der Waals surface area (Å²) in [5, 5.41) is 0. The summed E-state index contributed by atoms with van der Waals surface area (Å²) in [6.45, 7) is 12.1. The van der Waals surface area contributed by atoms with Crippen molar-refractivity contribution in [2.24, 2.45) is 5.92 Å². The van der Waals surface area contributed by atoms with E-state index in [1.807, 2.05) is 125 Å². The molecule has 0 aliphatic carbocycles. The summed E-state index contributed by atoms with van der Waals surface area (Å²) < 4.78 is 60.6. The molecule has 19 heteroatoms. The van der Waals surface area contributed by atoms with Gasteiger partial charge in [0, 0.05) is 95.4 Å². The Labute approximate surface area is 566 Å². The van der Waals surface area contributed by atoms with E-state index in [9.17, 15) is 17.6 Å². The fourth-order valence-electron chi connectivity index (χ4n) is 10.2. The van der Waals surface area contributed by atoms with Crippen LogP contribution in [0.2, 0.25) is 0 Å². The normalized spacial score (nSPS) is 10.8. The van der Waals surface area contributed by atoms with Crippen LogP contribution in [0.25, 0.3) is 100 Å². The number of rotatable bonds is 8. The Kier molecular flexibility index (Phi) is 21.8. The van der Waals surface area contributed by atoms with E-state index in [2.05, 4.69) is 160 Å². The first-order chi connectivity index (χ1) is 45.1. The van der Waals surface area contributed by atoms with Crippen molar-refractivity contribution in [1.29, 1.82) is 0 Å². The van der Waals surface area contributed by atoms with E-state index in [4.69, 9.17) is 11.6 Å². The van der Waals surface area contributed by atoms with Crippen LogP contribution in [0.5, 0.6) is 0 Å². The van der Waals surface area contributed by atoms with Gasteiger partial charge in [0.1, 0.15) is 17.4 Å². The van der Waals surface area contributed by atoms with Crippen LogP contribution >= 0.6 is 0 Å². The fourth-order valence-corrected chi connectivity index (χ4v) is 10.2. The fraction of sp³-hybridized carbons (Fsp3) is 0.0667. The Balaban J connectivity index is 0.000000129. The Bertz CT molecular complexity index is 4880. The van der Waals surface area contributed by atoms with Gasteiger partial charge in [0.05, 0.1) is 24.4 Å². The third-order valence-corrected chi connectivity index (χ3v) is 14.5. The first-order valence-corrected chi connectivity index (χ1v) is 29.1. The molecular weight excluding hydrogens is 1540 g/mol. The van der Waals surface area contributed by atoms with Crippen LogP contribution in [0.15, 0.2) is 249 Å². The number of para-hydroxylation sites is 6. The van der Waals surface area contributed by atoms with E-state index in [1.54, 1.807) is 36.4 Å². The van der Waals surface area contributed by atoms with Crippen molar-refractivity contribution in [3.63, 3.8) is 0 Å². The molecule has 0 unspecified atom stereocenters. The number of nitrogens with zero attached hydrogens (tertiary/aromatic N) is 13. The molecule has 0 N–H and O–H groups in total.